The number of benzene rings is 2. The normalized spacial score (nSPS) is 10.4. The van der Waals surface area contributed by atoms with Crippen LogP contribution in [0.15, 0.2) is 48.5 Å². The molecule has 0 aromatic heterocycles. The molecule has 0 aliphatic rings. The van der Waals surface area contributed by atoms with E-state index in [0.29, 0.717) is 0 Å². The molecule has 24 heavy (non-hydrogen) atoms. The van der Waals surface area contributed by atoms with Gasteiger partial charge in [-0.25, -0.2) is 4.58 Å². The zero-order valence-electron chi connectivity index (χ0n) is 15.9. The van der Waals surface area contributed by atoms with Crippen LogP contribution < -0.4 is 9.80 Å². The van der Waals surface area contributed by atoms with E-state index in [0.717, 1.165) is 13.1 Å². The van der Waals surface area contributed by atoms with Crippen LogP contribution in [0.5, 0.6) is 0 Å². The maximum atomic E-state index is 2.43. The van der Waals surface area contributed by atoms with Crippen molar-refractivity contribution in [2.75, 3.05) is 51.1 Å². The quantitative estimate of drug-likeness (QED) is 0.592. The first-order chi connectivity index (χ1) is 11.5. The molecule has 0 heterocycles. The van der Waals surface area contributed by atoms with Gasteiger partial charge >= 0.3 is 0 Å². The van der Waals surface area contributed by atoms with Gasteiger partial charge in [0.2, 0.25) is 5.71 Å². The Labute approximate surface area is 146 Å². The van der Waals surface area contributed by atoms with Crippen LogP contribution >= 0.6 is 0 Å². The summed E-state index contributed by atoms with van der Waals surface area (Å²) in [4.78, 5) is 4.26. The summed E-state index contributed by atoms with van der Waals surface area (Å²) in [6.45, 7) is 6.42. The van der Waals surface area contributed by atoms with E-state index in [1.165, 1.54) is 28.2 Å². The Hall–Kier alpha value is -2.29. The third kappa shape index (κ3) is 3.97. The van der Waals surface area contributed by atoms with Crippen molar-refractivity contribution >= 4 is 17.1 Å². The van der Waals surface area contributed by atoms with Crippen LogP contribution in [0.3, 0.4) is 0 Å². The number of hydrogen-bond donors (Lipinski definition) is 0. The summed E-state index contributed by atoms with van der Waals surface area (Å²) in [5, 5.41) is 0. The number of anilines is 2. The summed E-state index contributed by atoms with van der Waals surface area (Å²) in [6.07, 6.45) is 0. The molecular weight excluding hydrogens is 294 g/mol. The molecule has 0 aliphatic carbocycles. The van der Waals surface area contributed by atoms with Gasteiger partial charge in [0.05, 0.1) is 0 Å². The molecule has 0 spiro atoms. The molecule has 0 saturated heterocycles. The third-order valence-corrected chi connectivity index (χ3v) is 4.39. The molecule has 0 radical (unpaired) electrons. The van der Waals surface area contributed by atoms with Crippen molar-refractivity contribution < 1.29 is 4.58 Å². The Morgan fingerprint density at radius 3 is 1.25 bits per heavy atom. The van der Waals surface area contributed by atoms with E-state index in [1.54, 1.807) is 0 Å². The fourth-order valence-corrected chi connectivity index (χ4v) is 2.91. The lowest BCUT2D eigenvalue weighted by atomic mass is 10.0. The Bertz CT molecular complexity index is 621. The first kappa shape index (κ1) is 18.1. The molecule has 0 atom stereocenters. The predicted molar refractivity (Wildman–Crippen MR) is 106 cm³/mol. The van der Waals surface area contributed by atoms with E-state index < -0.39 is 0 Å². The Balaban J connectivity index is 2.51. The smallest absolute Gasteiger partial charge is 0.214 e. The molecule has 0 fully saturated rings. The minimum atomic E-state index is 0.997. The highest BCUT2D eigenvalue weighted by atomic mass is 15.1. The molecule has 0 unspecified atom stereocenters. The van der Waals surface area contributed by atoms with Crippen molar-refractivity contribution in [1.82, 2.24) is 0 Å². The van der Waals surface area contributed by atoms with Crippen LogP contribution in [0.2, 0.25) is 0 Å². The van der Waals surface area contributed by atoms with Crippen LogP contribution in [-0.2, 0) is 0 Å². The Morgan fingerprint density at radius 1 is 0.667 bits per heavy atom. The average Bonchev–Trinajstić information content (AvgIpc) is 2.59. The van der Waals surface area contributed by atoms with Crippen molar-refractivity contribution in [3.05, 3.63) is 59.7 Å². The van der Waals surface area contributed by atoms with E-state index in [4.69, 9.17) is 0 Å². The van der Waals surface area contributed by atoms with Gasteiger partial charge in [-0.2, -0.15) is 0 Å². The highest BCUT2D eigenvalue weighted by Crippen LogP contribution is 2.19. The van der Waals surface area contributed by atoms with Gasteiger partial charge in [0.1, 0.15) is 13.1 Å². The lowest BCUT2D eigenvalue weighted by Crippen LogP contribution is -2.23. The molecule has 0 bridgehead atoms. The largest absolute Gasteiger partial charge is 0.378 e. The maximum Gasteiger partial charge on any atom is 0.214 e. The monoisotopic (exact) mass is 324 g/mol. The van der Waals surface area contributed by atoms with Gasteiger partial charge < -0.3 is 9.80 Å². The molecule has 128 valence electrons. The van der Waals surface area contributed by atoms with Gasteiger partial charge in [-0.15, -0.1) is 0 Å². The second kappa shape index (κ2) is 8.00. The van der Waals surface area contributed by atoms with E-state index in [1.807, 2.05) is 0 Å². The minimum Gasteiger partial charge on any atom is -0.378 e. The molecular formula is C21H30N3+. The molecule has 2 rings (SSSR count). The summed E-state index contributed by atoms with van der Waals surface area (Å²) < 4.78 is 2.43. The molecule has 0 aliphatic heterocycles. The van der Waals surface area contributed by atoms with Crippen LogP contribution in [0.4, 0.5) is 11.4 Å². The molecule has 2 aromatic carbocycles. The average molecular weight is 324 g/mol. The second-order valence-electron chi connectivity index (χ2n) is 6.40. The summed E-state index contributed by atoms with van der Waals surface area (Å²) in [6, 6.07) is 17.7. The summed E-state index contributed by atoms with van der Waals surface area (Å²) in [5.74, 6) is 0. The lowest BCUT2D eigenvalue weighted by molar-refractivity contribution is -0.519. The molecule has 0 amide bonds. The highest BCUT2D eigenvalue weighted by Gasteiger charge is 2.18. The Morgan fingerprint density at radius 2 is 1.00 bits per heavy atom. The van der Waals surface area contributed by atoms with Crippen LogP contribution in [0, 0.1) is 0 Å². The minimum absolute atomic E-state index is 0.997. The Kier molecular flexibility index (Phi) is 6.02. The van der Waals surface area contributed by atoms with Crippen LogP contribution in [0.25, 0.3) is 0 Å². The van der Waals surface area contributed by atoms with Crippen molar-refractivity contribution in [3.8, 4) is 0 Å². The van der Waals surface area contributed by atoms with Gasteiger partial charge in [-0.1, -0.05) is 0 Å². The standard InChI is InChI=1S/C21H30N3/c1-7-24(8-2)21(17-9-13-19(14-10-17)22(3)4)18-11-15-20(16-12-18)23(5)6/h9-16H,7-8H2,1-6H3/q+1. The molecule has 0 saturated carbocycles. The van der Waals surface area contributed by atoms with Crippen molar-refractivity contribution in [1.29, 1.82) is 0 Å². The van der Waals surface area contributed by atoms with Crippen molar-refractivity contribution in [2.24, 2.45) is 0 Å². The first-order valence-electron chi connectivity index (χ1n) is 8.65. The SMILES string of the molecule is CC[N+](CC)=C(c1ccc(N(C)C)cc1)c1ccc(N(C)C)cc1. The fraction of sp³-hybridized carbons (Fsp3) is 0.381. The van der Waals surface area contributed by atoms with Gasteiger partial charge in [-0.3, -0.25) is 0 Å². The first-order valence-corrected chi connectivity index (χ1v) is 8.65. The maximum absolute atomic E-state index is 2.43. The van der Waals surface area contributed by atoms with Gasteiger partial charge in [-0.05, 0) is 62.4 Å². The lowest BCUT2D eigenvalue weighted by Gasteiger charge is -2.15. The molecule has 2 aromatic rings. The molecule has 3 heteroatoms. The summed E-state index contributed by atoms with van der Waals surface area (Å²) in [7, 11) is 8.29. The van der Waals surface area contributed by atoms with E-state index in [-0.39, 0.29) is 0 Å². The van der Waals surface area contributed by atoms with Gasteiger partial charge in [0.25, 0.3) is 0 Å². The number of rotatable bonds is 6. The fourth-order valence-electron chi connectivity index (χ4n) is 2.91. The van der Waals surface area contributed by atoms with E-state index in [9.17, 15) is 0 Å². The zero-order chi connectivity index (χ0) is 17.7. The number of hydrogen-bond acceptors (Lipinski definition) is 2. The second-order valence-corrected chi connectivity index (χ2v) is 6.40. The van der Waals surface area contributed by atoms with E-state index in [2.05, 4.69) is 105 Å². The summed E-state index contributed by atoms with van der Waals surface area (Å²) >= 11 is 0. The van der Waals surface area contributed by atoms with Crippen molar-refractivity contribution in [2.45, 2.75) is 13.8 Å². The van der Waals surface area contributed by atoms with Crippen molar-refractivity contribution in [3.63, 3.8) is 0 Å². The van der Waals surface area contributed by atoms with Crippen LogP contribution in [0.1, 0.15) is 25.0 Å². The van der Waals surface area contributed by atoms with Gasteiger partial charge in [0.15, 0.2) is 0 Å². The van der Waals surface area contributed by atoms with Gasteiger partial charge in [0, 0.05) is 50.7 Å². The number of nitrogens with zero attached hydrogens (tertiary/aromatic N) is 3. The topological polar surface area (TPSA) is 9.49 Å². The predicted octanol–water partition coefficient (Wildman–Crippen LogP) is 3.71. The van der Waals surface area contributed by atoms with Crippen LogP contribution in [-0.4, -0.2) is 51.6 Å². The van der Waals surface area contributed by atoms with E-state index >= 15 is 0 Å². The highest BCUT2D eigenvalue weighted by molar-refractivity contribution is 6.10. The third-order valence-electron chi connectivity index (χ3n) is 4.39. The zero-order valence-corrected chi connectivity index (χ0v) is 15.9. The molecule has 0 N–H and O–H groups in total. The summed E-state index contributed by atoms with van der Waals surface area (Å²) in [5.41, 5.74) is 6.28. The molecule has 3 nitrogen and oxygen atoms in total.